The zero-order valence-corrected chi connectivity index (χ0v) is 12.5. The summed E-state index contributed by atoms with van der Waals surface area (Å²) in [5.74, 6) is 0.100. The maximum atomic E-state index is 12.1. The molecule has 1 aliphatic heterocycles. The summed E-state index contributed by atoms with van der Waals surface area (Å²) in [6, 6.07) is 5.69. The van der Waals surface area contributed by atoms with Crippen LogP contribution in [0.2, 0.25) is 0 Å². The van der Waals surface area contributed by atoms with Crippen LogP contribution in [-0.2, 0) is 6.54 Å². The minimum atomic E-state index is -4.39. The predicted octanol–water partition coefficient (Wildman–Crippen LogP) is 2.29. The van der Waals surface area contributed by atoms with Crippen molar-refractivity contribution in [2.75, 3.05) is 19.8 Å². The number of halogens is 3. The Morgan fingerprint density at radius 2 is 2.22 bits per heavy atom. The molecule has 2 rings (SSSR count). The van der Waals surface area contributed by atoms with Crippen molar-refractivity contribution in [2.45, 2.75) is 31.6 Å². The normalized spacial score (nSPS) is 18.1. The molecular formula is C15H19F3N2O3. The zero-order chi connectivity index (χ0) is 16.9. The monoisotopic (exact) mass is 332 g/mol. The highest BCUT2D eigenvalue weighted by Gasteiger charge is 2.29. The van der Waals surface area contributed by atoms with Crippen molar-refractivity contribution < 1.29 is 27.8 Å². The Morgan fingerprint density at radius 1 is 1.43 bits per heavy atom. The number of amides is 2. The molecule has 1 saturated heterocycles. The topological polar surface area (TPSA) is 61.8 Å². The van der Waals surface area contributed by atoms with Gasteiger partial charge >= 0.3 is 12.2 Å². The first-order valence-corrected chi connectivity index (χ1v) is 7.33. The second-order valence-corrected chi connectivity index (χ2v) is 5.38. The van der Waals surface area contributed by atoms with Crippen LogP contribution in [0, 0.1) is 0 Å². The lowest BCUT2D eigenvalue weighted by atomic mass is 10.2. The third-order valence-corrected chi connectivity index (χ3v) is 3.59. The number of ether oxygens (including phenoxy) is 1. The van der Waals surface area contributed by atoms with Gasteiger partial charge < -0.3 is 20.1 Å². The van der Waals surface area contributed by atoms with E-state index in [1.807, 2.05) is 0 Å². The number of rotatable bonds is 5. The largest absolute Gasteiger partial charge is 0.484 e. The minimum absolute atomic E-state index is 0.0752. The minimum Gasteiger partial charge on any atom is -0.484 e. The van der Waals surface area contributed by atoms with Crippen LogP contribution in [0.4, 0.5) is 18.0 Å². The fourth-order valence-corrected chi connectivity index (χ4v) is 2.48. The number of benzene rings is 1. The summed E-state index contributed by atoms with van der Waals surface area (Å²) in [7, 11) is 0. The first-order valence-electron chi connectivity index (χ1n) is 7.33. The maximum absolute atomic E-state index is 12.1. The molecule has 5 nitrogen and oxygen atoms in total. The average molecular weight is 332 g/mol. The summed E-state index contributed by atoms with van der Waals surface area (Å²) in [5, 5.41) is 11.9. The van der Waals surface area contributed by atoms with Crippen molar-refractivity contribution in [3.63, 3.8) is 0 Å². The number of hydrogen-bond acceptors (Lipinski definition) is 3. The first-order chi connectivity index (χ1) is 10.9. The number of aliphatic hydroxyl groups excluding tert-OH is 1. The quantitative estimate of drug-likeness (QED) is 0.870. The van der Waals surface area contributed by atoms with E-state index in [-0.39, 0.29) is 31.0 Å². The summed E-state index contributed by atoms with van der Waals surface area (Å²) in [6.07, 6.45) is -2.77. The third kappa shape index (κ3) is 5.31. The van der Waals surface area contributed by atoms with Crippen LogP contribution in [0.1, 0.15) is 18.4 Å². The lowest BCUT2D eigenvalue weighted by Gasteiger charge is -2.23. The van der Waals surface area contributed by atoms with E-state index in [0.717, 1.165) is 12.8 Å². The van der Waals surface area contributed by atoms with E-state index in [1.54, 1.807) is 17.0 Å². The molecule has 1 fully saturated rings. The van der Waals surface area contributed by atoms with E-state index in [2.05, 4.69) is 10.1 Å². The molecule has 0 saturated carbocycles. The summed E-state index contributed by atoms with van der Waals surface area (Å²) in [4.78, 5) is 13.6. The molecule has 0 radical (unpaired) electrons. The summed E-state index contributed by atoms with van der Waals surface area (Å²) < 4.78 is 41.1. The molecule has 1 aromatic rings. The van der Waals surface area contributed by atoms with E-state index in [1.165, 1.54) is 12.1 Å². The van der Waals surface area contributed by atoms with Gasteiger partial charge in [0.05, 0.1) is 12.6 Å². The van der Waals surface area contributed by atoms with Gasteiger partial charge in [0.25, 0.3) is 0 Å². The molecule has 0 aliphatic carbocycles. The van der Waals surface area contributed by atoms with Crippen molar-refractivity contribution in [1.82, 2.24) is 10.2 Å². The SMILES string of the molecule is O=C(NCc1cccc(OCC(F)(F)F)c1)N1CCCC1CO. The standard InChI is InChI=1S/C15H19F3N2O3/c16-15(17,18)10-23-13-5-1-3-11(7-13)8-19-14(22)20-6-2-4-12(20)9-21/h1,3,5,7,12,21H,2,4,6,8-10H2,(H,19,22). The second-order valence-electron chi connectivity index (χ2n) is 5.38. The molecule has 1 unspecified atom stereocenters. The molecule has 1 atom stereocenters. The molecule has 1 heterocycles. The number of aliphatic hydroxyl groups is 1. The van der Waals surface area contributed by atoms with Crippen molar-refractivity contribution in [1.29, 1.82) is 0 Å². The third-order valence-electron chi connectivity index (χ3n) is 3.59. The van der Waals surface area contributed by atoms with Gasteiger partial charge in [0.15, 0.2) is 6.61 Å². The molecule has 8 heteroatoms. The van der Waals surface area contributed by atoms with Crippen LogP contribution < -0.4 is 10.1 Å². The van der Waals surface area contributed by atoms with Crippen LogP contribution in [-0.4, -0.2) is 48.0 Å². The molecule has 1 aliphatic rings. The summed E-state index contributed by atoms with van der Waals surface area (Å²) >= 11 is 0. The van der Waals surface area contributed by atoms with Crippen LogP contribution >= 0.6 is 0 Å². The lowest BCUT2D eigenvalue weighted by Crippen LogP contribution is -2.43. The number of carbonyl (C=O) groups excluding carboxylic acids is 1. The predicted molar refractivity (Wildman–Crippen MR) is 77.0 cm³/mol. The average Bonchev–Trinajstić information content (AvgIpc) is 2.99. The number of carbonyl (C=O) groups is 1. The highest BCUT2D eigenvalue weighted by Crippen LogP contribution is 2.20. The van der Waals surface area contributed by atoms with Gasteiger partial charge in [-0.25, -0.2) is 4.79 Å². The number of nitrogens with zero attached hydrogens (tertiary/aromatic N) is 1. The van der Waals surface area contributed by atoms with Crippen LogP contribution in [0.3, 0.4) is 0 Å². The molecule has 1 aromatic carbocycles. The van der Waals surface area contributed by atoms with Gasteiger partial charge in [-0.15, -0.1) is 0 Å². The van der Waals surface area contributed by atoms with Crippen molar-refractivity contribution in [2.24, 2.45) is 0 Å². The maximum Gasteiger partial charge on any atom is 0.422 e. The molecule has 0 bridgehead atoms. The first kappa shape index (κ1) is 17.4. The summed E-state index contributed by atoms with van der Waals surface area (Å²) in [6.45, 7) is -0.661. The number of hydrogen-bond donors (Lipinski definition) is 2. The van der Waals surface area contributed by atoms with Gasteiger partial charge in [0, 0.05) is 13.1 Å². The van der Waals surface area contributed by atoms with Crippen molar-refractivity contribution in [3.05, 3.63) is 29.8 Å². The molecule has 0 aromatic heterocycles. The van der Waals surface area contributed by atoms with E-state index in [0.29, 0.717) is 12.1 Å². The van der Waals surface area contributed by atoms with E-state index in [9.17, 15) is 23.1 Å². The Balaban J connectivity index is 1.87. The van der Waals surface area contributed by atoms with E-state index in [4.69, 9.17) is 0 Å². The number of nitrogens with one attached hydrogen (secondary N) is 1. The fraction of sp³-hybridized carbons (Fsp3) is 0.533. The Labute approximate surface area is 132 Å². The number of urea groups is 1. The van der Waals surface area contributed by atoms with E-state index >= 15 is 0 Å². The van der Waals surface area contributed by atoms with Gasteiger partial charge in [-0.3, -0.25) is 0 Å². The smallest absolute Gasteiger partial charge is 0.422 e. The Hall–Kier alpha value is -1.96. The van der Waals surface area contributed by atoms with Crippen molar-refractivity contribution in [3.8, 4) is 5.75 Å². The van der Waals surface area contributed by atoms with Crippen LogP contribution in [0.25, 0.3) is 0 Å². The van der Waals surface area contributed by atoms with Crippen molar-refractivity contribution >= 4 is 6.03 Å². The number of likely N-dealkylation sites (tertiary alicyclic amines) is 1. The van der Waals surface area contributed by atoms with E-state index < -0.39 is 12.8 Å². The Kier molecular flexibility index (Phi) is 5.70. The highest BCUT2D eigenvalue weighted by atomic mass is 19.4. The molecule has 128 valence electrons. The Morgan fingerprint density at radius 3 is 2.91 bits per heavy atom. The molecule has 0 spiro atoms. The van der Waals surface area contributed by atoms with Crippen LogP contribution in [0.15, 0.2) is 24.3 Å². The Bertz CT molecular complexity index is 537. The number of alkyl halides is 3. The summed E-state index contributed by atoms with van der Waals surface area (Å²) in [5.41, 5.74) is 0.637. The fourth-order valence-electron chi connectivity index (χ4n) is 2.48. The van der Waals surface area contributed by atoms with Gasteiger partial charge in [0.2, 0.25) is 0 Å². The molecule has 2 N–H and O–H groups in total. The lowest BCUT2D eigenvalue weighted by molar-refractivity contribution is -0.153. The molecule has 23 heavy (non-hydrogen) atoms. The molecule has 2 amide bonds. The highest BCUT2D eigenvalue weighted by molar-refractivity contribution is 5.74. The van der Waals surface area contributed by atoms with Crippen LogP contribution in [0.5, 0.6) is 5.75 Å². The molecular weight excluding hydrogens is 313 g/mol. The van der Waals surface area contributed by atoms with Gasteiger partial charge in [-0.1, -0.05) is 12.1 Å². The zero-order valence-electron chi connectivity index (χ0n) is 12.5. The van der Waals surface area contributed by atoms with Gasteiger partial charge in [-0.2, -0.15) is 13.2 Å². The second kappa shape index (κ2) is 7.54. The van der Waals surface area contributed by atoms with Gasteiger partial charge in [-0.05, 0) is 30.5 Å². The van der Waals surface area contributed by atoms with Gasteiger partial charge in [0.1, 0.15) is 5.75 Å².